The number of hydrogen-bond donors (Lipinski definition) is 1. The molecule has 2 heteroatoms. The van der Waals surface area contributed by atoms with Gasteiger partial charge in [-0.3, -0.25) is 0 Å². The van der Waals surface area contributed by atoms with Crippen LogP contribution < -0.4 is 0 Å². The van der Waals surface area contributed by atoms with Gasteiger partial charge in [-0.15, -0.1) is 0 Å². The zero-order chi connectivity index (χ0) is 8.97. The molecule has 1 N–H and O–H groups in total. The summed E-state index contributed by atoms with van der Waals surface area (Å²) < 4.78 is 5.55. The third-order valence-corrected chi connectivity index (χ3v) is 2.69. The highest BCUT2D eigenvalue weighted by Crippen LogP contribution is 2.31. The van der Waals surface area contributed by atoms with Crippen LogP contribution in [0.3, 0.4) is 0 Å². The molecule has 0 aliphatic heterocycles. The highest BCUT2D eigenvalue weighted by molar-refractivity contribution is 4.76. The summed E-state index contributed by atoms with van der Waals surface area (Å²) >= 11 is 0. The van der Waals surface area contributed by atoms with Crippen LogP contribution in [0.25, 0.3) is 0 Å². The van der Waals surface area contributed by atoms with Crippen molar-refractivity contribution >= 4 is 0 Å². The fourth-order valence-electron chi connectivity index (χ4n) is 1.89. The van der Waals surface area contributed by atoms with Crippen LogP contribution in [-0.4, -0.2) is 24.4 Å². The van der Waals surface area contributed by atoms with Crippen LogP contribution in [0.15, 0.2) is 0 Å². The molecular formula is C10H20O2. The SMILES string of the molecule is CC(C)OCC1CCCC1CO. The summed E-state index contributed by atoms with van der Waals surface area (Å²) in [6, 6.07) is 0. The summed E-state index contributed by atoms with van der Waals surface area (Å²) in [4.78, 5) is 0. The van der Waals surface area contributed by atoms with Gasteiger partial charge >= 0.3 is 0 Å². The van der Waals surface area contributed by atoms with Crippen molar-refractivity contribution in [3.8, 4) is 0 Å². The summed E-state index contributed by atoms with van der Waals surface area (Å²) in [5.74, 6) is 1.11. The molecule has 12 heavy (non-hydrogen) atoms. The standard InChI is InChI=1S/C10H20O2/c1-8(2)12-7-10-5-3-4-9(10)6-11/h8-11H,3-7H2,1-2H3. The first-order chi connectivity index (χ1) is 5.74. The highest BCUT2D eigenvalue weighted by atomic mass is 16.5. The van der Waals surface area contributed by atoms with E-state index in [2.05, 4.69) is 13.8 Å². The number of ether oxygens (including phenoxy) is 1. The Bertz CT molecular complexity index is 123. The maximum absolute atomic E-state index is 9.05. The van der Waals surface area contributed by atoms with Gasteiger partial charge in [0.1, 0.15) is 0 Å². The molecule has 0 saturated heterocycles. The molecule has 1 fully saturated rings. The minimum Gasteiger partial charge on any atom is -0.396 e. The largest absolute Gasteiger partial charge is 0.396 e. The maximum atomic E-state index is 9.05. The quantitative estimate of drug-likeness (QED) is 0.701. The second kappa shape index (κ2) is 4.83. The minimum atomic E-state index is 0.324. The van der Waals surface area contributed by atoms with E-state index in [-0.39, 0.29) is 0 Å². The molecule has 0 aromatic heterocycles. The van der Waals surface area contributed by atoms with E-state index in [9.17, 15) is 0 Å². The summed E-state index contributed by atoms with van der Waals surface area (Å²) in [6.45, 7) is 5.29. The molecule has 0 spiro atoms. The fourth-order valence-corrected chi connectivity index (χ4v) is 1.89. The van der Waals surface area contributed by atoms with Crippen LogP contribution in [-0.2, 0) is 4.74 Å². The molecule has 72 valence electrons. The van der Waals surface area contributed by atoms with Gasteiger partial charge in [-0.25, -0.2) is 0 Å². The molecular weight excluding hydrogens is 152 g/mol. The fraction of sp³-hybridized carbons (Fsp3) is 1.00. The Morgan fingerprint density at radius 2 is 2.00 bits per heavy atom. The predicted octanol–water partition coefficient (Wildman–Crippen LogP) is 1.82. The van der Waals surface area contributed by atoms with Crippen LogP contribution in [0.1, 0.15) is 33.1 Å². The normalized spacial score (nSPS) is 30.0. The van der Waals surface area contributed by atoms with Crippen LogP contribution in [0.5, 0.6) is 0 Å². The van der Waals surface area contributed by atoms with Crippen LogP contribution in [0.4, 0.5) is 0 Å². The van der Waals surface area contributed by atoms with Gasteiger partial charge in [0.15, 0.2) is 0 Å². The molecule has 0 radical (unpaired) electrons. The lowest BCUT2D eigenvalue weighted by molar-refractivity contribution is 0.0325. The first kappa shape index (κ1) is 10.0. The monoisotopic (exact) mass is 172 g/mol. The number of rotatable bonds is 4. The lowest BCUT2D eigenvalue weighted by Gasteiger charge is -2.18. The van der Waals surface area contributed by atoms with Gasteiger partial charge in [0.2, 0.25) is 0 Å². The third-order valence-electron chi connectivity index (χ3n) is 2.69. The maximum Gasteiger partial charge on any atom is 0.0519 e. The zero-order valence-electron chi connectivity index (χ0n) is 8.12. The topological polar surface area (TPSA) is 29.5 Å². The van der Waals surface area contributed by atoms with E-state index in [1.807, 2.05) is 0 Å². The van der Waals surface area contributed by atoms with Crippen molar-refractivity contribution in [1.82, 2.24) is 0 Å². The second-order valence-corrected chi connectivity index (χ2v) is 4.02. The minimum absolute atomic E-state index is 0.324. The molecule has 1 rings (SSSR count). The molecule has 2 nitrogen and oxygen atoms in total. The van der Waals surface area contributed by atoms with Crippen molar-refractivity contribution in [3.63, 3.8) is 0 Å². The predicted molar refractivity (Wildman–Crippen MR) is 49.0 cm³/mol. The van der Waals surface area contributed by atoms with Crippen molar-refractivity contribution in [2.45, 2.75) is 39.2 Å². The first-order valence-corrected chi connectivity index (χ1v) is 4.96. The van der Waals surface area contributed by atoms with Gasteiger partial charge in [-0.05, 0) is 38.5 Å². The molecule has 1 aliphatic carbocycles. The Kier molecular flexibility index (Phi) is 4.02. The van der Waals surface area contributed by atoms with Crippen molar-refractivity contribution < 1.29 is 9.84 Å². The van der Waals surface area contributed by atoms with Gasteiger partial charge < -0.3 is 9.84 Å². The molecule has 2 atom stereocenters. The van der Waals surface area contributed by atoms with Crippen LogP contribution in [0.2, 0.25) is 0 Å². The zero-order valence-corrected chi connectivity index (χ0v) is 8.12. The van der Waals surface area contributed by atoms with Crippen molar-refractivity contribution in [2.75, 3.05) is 13.2 Å². The van der Waals surface area contributed by atoms with Crippen molar-refractivity contribution in [3.05, 3.63) is 0 Å². The Morgan fingerprint density at radius 1 is 1.33 bits per heavy atom. The molecule has 0 aromatic rings. The van der Waals surface area contributed by atoms with E-state index in [4.69, 9.17) is 9.84 Å². The number of hydrogen-bond acceptors (Lipinski definition) is 2. The van der Waals surface area contributed by atoms with E-state index in [0.29, 0.717) is 24.5 Å². The lowest BCUT2D eigenvalue weighted by atomic mass is 9.98. The molecule has 0 aromatic carbocycles. The molecule has 1 saturated carbocycles. The first-order valence-electron chi connectivity index (χ1n) is 4.96. The van der Waals surface area contributed by atoms with Gasteiger partial charge in [0, 0.05) is 6.61 Å². The summed E-state index contributed by atoms with van der Waals surface area (Å²) in [5.41, 5.74) is 0. The van der Waals surface area contributed by atoms with Gasteiger partial charge in [-0.2, -0.15) is 0 Å². The molecule has 2 unspecified atom stereocenters. The van der Waals surface area contributed by atoms with E-state index in [1.165, 1.54) is 19.3 Å². The summed E-state index contributed by atoms with van der Waals surface area (Å²) in [7, 11) is 0. The Labute approximate surface area is 74.9 Å². The Hall–Kier alpha value is -0.0800. The van der Waals surface area contributed by atoms with E-state index < -0.39 is 0 Å². The lowest BCUT2D eigenvalue weighted by Crippen LogP contribution is -2.19. The number of aliphatic hydroxyl groups excluding tert-OH is 1. The average Bonchev–Trinajstić information content (AvgIpc) is 2.47. The van der Waals surface area contributed by atoms with E-state index in [1.54, 1.807) is 0 Å². The summed E-state index contributed by atoms with van der Waals surface area (Å²) in [5, 5.41) is 9.05. The van der Waals surface area contributed by atoms with Gasteiger partial charge in [0.25, 0.3) is 0 Å². The van der Waals surface area contributed by atoms with Crippen LogP contribution >= 0.6 is 0 Å². The number of aliphatic hydroxyl groups is 1. The van der Waals surface area contributed by atoms with Crippen molar-refractivity contribution in [1.29, 1.82) is 0 Å². The molecule has 0 bridgehead atoms. The molecule has 0 amide bonds. The van der Waals surface area contributed by atoms with Gasteiger partial charge in [0.05, 0.1) is 12.7 Å². The van der Waals surface area contributed by atoms with Gasteiger partial charge in [-0.1, -0.05) is 6.42 Å². The van der Waals surface area contributed by atoms with E-state index in [0.717, 1.165) is 6.61 Å². The Balaban J connectivity index is 2.21. The molecule has 0 heterocycles. The smallest absolute Gasteiger partial charge is 0.0519 e. The van der Waals surface area contributed by atoms with Crippen LogP contribution in [0, 0.1) is 11.8 Å². The third kappa shape index (κ3) is 2.76. The summed E-state index contributed by atoms with van der Waals surface area (Å²) in [6.07, 6.45) is 4.00. The van der Waals surface area contributed by atoms with Crippen molar-refractivity contribution in [2.24, 2.45) is 11.8 Å². The average molecular weight is 172 g/mol. The Morgan fingerprint density at radius 3 is 2.58 bits per heavy atom. The second-order valence-electron chi connectivity index (χ2n) is 4.02. The van der Waals surface area contributed by atoms with E-state index >= 15 is 0 Å². The highest BCUT2D eigenvalue weighted by Gasteiger charge is 2.26. The molecule has 1 aliphatic rings.